The number of aryl methyl sites for hydroxylation is 1. The molecule has 0 spiro atoms. The second-order valence-electron chi connectivity index (χ2n) is 8.12. The number of hydrogen-bond donors (Lipinski definition) is 1. The number of fused-ring (bicyclic) bond motifs is 1. The van der Waals surface area contributed by atoms with Crippen LogP contribution in [0.1, 0.15) is 36.7 Å². The van der Waals surface area contributed by atoms with Gasteiger partial charge in [0.05, 0.1) is 30.3 Å². The number of carbonyl (C=O) groups excluding carboxylic acids is 2. The summed E-state index contributed by atoms with van der Waals surface area (Å²) < 4.78 is 44.0. The molecule has 0 aromatic heterocycles. The Hall–Kier alpha value is -3.33. The zero-order valence-electron chi connectivity index (χ0n) is 19.2. The fraction of sp³-hybridized carbons (Fsp3) is 0.333. The van der Waals surface area contributed by atoms with Crippen LogP contribution in [0.4, 0.5) is 0 Å². The molecule has 176 valence electrons. The van der Waals surface area contributed by atoms with E-state index < -0.39 is 33.3 Å². The number of carbonyl (C=O) groups is 2. The molecular weight excluding hydrogens is 446 g/mol. The summed E-state index contributed by atoms with van der Waals surface area (Å²) in [6, 6.07) is 11.0. The third kappa shape index (κ3) is 4.73. The summed E-state index contributed by atoms with van der Waals surface area (Å²) in [6.07, 6.45) is 0.732. The second kappa shape index (κ2) is 9.27. The van der Waals surface area contributed by atoms with Crippen molar-refractivity contribution in [3.63, 3.8) is 0 Å². The summed E-state index contributed by atoms with van der Waals surface area (Å²) >= 11 is 0. The lowest BCUT2D eigenvalue weighted by Gasteiger charge is -2.36. The number of esters is 1. The predicted molar refractivity (Wildman–Crippen MR) is 122 cm³/mol. The van der Waals surface area contributed by atoms with Gasteiger partial charge in [0.15, 0.2) is 5.78 Å². The molecule has 0 bridgehead atoms. The van der Waals surface area contributed by atoms with Crippen LogP contribution in [-0.4, -0.2) is 40.5 Å². The summed E-state index contributed by atoms with van der Waals surface area (Å²) in [5.74, 6) is -0.190. The van der Waals surface area contributed by atoms with Crippen molar-refractivity contribution in [3.8, 4) is 11.5 Å². The van der Waals surface area contributed by atoms with Crippen LogP contribution in [0.2, 0.25) is 0 Å². The third-order valence-corrected chi connectivity index (χ3v) is 6.91. The van der Waals surface area contributed by atoms with Crippen molar-refractivity contribution in [2.75, 3.05) is 14.2 Å². The number of methoxy groups -OCH3 is 2. The lowest BCUT2D eigenvalue weighted by atomic mass is 9.78. The van der Waals surface area contributed by atoms with E-state index >= 15 is 0 Å². The average molecular weight is 474 g/mol. The van der Waals surface area contributed by atoms with Crippen molar-refractivity contribution < 1.29 is 32.2 Å². The highest BCUT2D eigenvalue weighted by atomic mass is 32.2. The number of ether oxygens (including phenoxy) is 3. The van der Waals surface area contributed by atoms with Gasteiger partial charge in [-0.05, 0) is 62.2 Å². The van der Waals surface area contributed by atoms with Crippen molar-refractivity contribution in [1.29, 1.82) is 0 Å². The summed E-state index contributed by atoms with van der Waals surface area (Å²) in [5.41, 5.74) is -0.0398. The molecule has 2 aromatic carbocycles. The van der Waals surface area contributed by atoms with Crippen molar-refractivity contribution in [2.24, 2.45) is 5.41 Å². The Kier molecular flexibility index (Phi) is 6.83. The molecule has 9 heteroatoms. The zero-order chi connectivity index (χ0) is 24.4. The monoisotopic (exact) mass is 473 g/mol. The minimum atomic E-state index is -4.00. The van der Waals surface area contributed by atoms with Crippen LogP contribution in [0, 0.1) is 5.41 Å². The maximum absolute atomic E-state index is 13.4. The number of benzene rings is 2. The van der Waals surface area contributed by atoms with Crippen LogP contribution < -0.4 is 14.2 Å². The number of sulfonamides is 1. The lowest BCUT2D eigenvalue weighted by molar-refractivity contribution is -0.154. The Labute approximate surface area is 193 Å². The van der Waals surface area contributed by atoms with Gasteiger partial charge in [-0.1, -0.05) is 13.0 Å². The van der Waals surface area contributed by atoms with E-state index in [4.69, 9.17) is 14.2 Å². The van der Waals surface area contributed by atoms with Gasteiger partial charge in [0.25, 0.3) is 10.0 Å². The van der Waals surface area contributed by atoms with Gasteiger partial charge < -0.3 is 14.2 Å². The van der Waals surface area contributed by atoms with E-state index in [0.717, 1.165) is 11.8 Å². The van der Waals surface area contributed by atoms with E-state index in [1.807, 2.05) is 13.0 Å². The Balaban J connectivity index is 2.06. The molecule has 1 atom stereocenters. The van der Waals surface area contributed by atoms with Crippen LogP contribution in [-0.2, 0) is 26.0 Å². The smallest absolute Gasteiger partial charge is 0.315 e. The molecule has 1 heterocycles. The normalized spacial score (nSPS) is 17.2. The molecule has 0 saturated heterocycles. The quantitative estimate of drug-likeness (QED) is 0.486. The Morgan fingerprint density at radius 2 is 1.82 bits per heavy atom. The van der Waals surface area contributed by atoms with E-state index in [-0.39, 0.29) is 10.5 Å². The van der Waals surface area contributed by atoms with Gasteiger partial charge in [-0.2, -0.15) is 0 Å². The highest BCUT2D eigenvalue weighted by Crippen LogP contribution is 2.39. The minimum absolute atomic E-state index is 0.00300. The Morgan fingerprint density at radius 3 is 2.39 bits per heavy atom. The molecule has 1 aliphatic rings. The number of hydrogen-bond acceptors (Lipinski definition) is 7. The topological polar surface area (TPSA) is 108 Å². The van der Waals surface area contributed by atoms with Gasteiger partial charge in [0, 0.05) is 6.20 Å². The first kappa shape index (κ1) is 24.3. The number of rotatable bonds is 7. The molecule has 0 fully saturated rings. The van der Waals surface area contributed by atoms with Crippen LogP contribution in [0.5, 0.6) is 11.5 Å². The summed E-state index contributed by atoms with van der Waals surface area (Å²) in [5, 5.41) is 0. The minimum Gasteiger partial charge on any atom is -0.497 e. The molecule has 1 unspecified atom stereocenters. The van der Waals surface area contributed by atoms with Crippen molar-refractivity contribution in [3.05, 3.63) is 65.4 Å². The molecule has 3 rings (SSSR count). The van der Waals surface area contributed by atoms with Gasteiger partial charge in [0.2, 0.25) is 0 Å². The first-order valence-electron chi connectivity index (χ1n) is 10.3. The molecule has 1 N–H and O–H groups in total. The van der Waals surface area contributed by atoms with Crippen LogP contribution in [0.3, 0.4) is 0 Å². The maximum atomic E-state index is 13.4. The number of nitrogens with one attached hydrogen (secondary N) is 1. The van der Waals surface area contributed by atoms with Crippen LogP contribution in [0.25, 0.3) is 0 Å². The number of ketones is 1. The molecule has 0 radical (unpaired) electrons. The fourth-order valence-electron chi connectivity index (χ4n) is 3.55. The third-order valence-electron chi connectivity index (χ3n) is 5.59. The summed E-state index contributed by atoms with van der Waals surface area (Å²) in [6.45, 7) is 5.11. The maximum Gasteiger partial charge on any atom is 0.315 e. The first-order chi connectivity index (χ1) is 15.5. The van der Waals surface area contributed by atoms with Crippen molar-refractivity contribution in [1.82, 2.24) is 4.72 Å². The molecule has 33 heavy (non-hydrogen) atoms. The van der Waals surface area contributed by atoms with Crippen molar-refractivity contribution in [2.45, 2.75) is 38.2 Å². The van der Waals surface area contributed by atoms with Gasteiger partial charge >= 0.3 is 5.97 Å². The summed E-state index contributed by atoms with van der Waals surface area (Å²) in [4.78, 5) is 25.9. The molecule has 8 nitrogen and oxygen atoms in total. The largest absolute Gasteiger partial charge is 0.497 e. The highest BCUT2D eigenvalue weighted by Gasteiger charge is 2.47. The van der Waals surface area contributed by atoms with E-state index in [1.165, 1.54) is 38.5 Å². The highest BCUT2D eigenvalue weighted by molar-refractivity contribution is 7.89. The molecule has 1 aliphatic heterocycles. The zero-order valence-corrected chi connectivity index (χ0v) is 20.0. The molecule has 2 aromatic rings. The van der Waals surface area contributed by atoms with Gasteiger partial charge in [0.1, 0.15) is 23.0 Å². The van der Waals surface area contributed by atoms with E-state index in [2.05, 4.69) is 4.72 Å². The SMILES string of the molecule is CCc1ccc2c(c1)C(=O)/C(=C\NS(=O)(=O)c1ccc(OC)cc1)C(C(C)(C)C(=O)OC)O2. The van der Waals surface area contributed by atoms with Gasteiger partial charge in [-0.15, -0.1) is 0 Å². The van der Waals surface area contributed by atoms with Gasteiger partial charge in [-0.3, -0.25) is 14.3 Å². The molecule has 0 saturated carbocycles. The summed E-state index contributed by atoms with van der Waals surface area (Å²) in [7, 11) is -1.28. The molecule has 0 amide bonds. The Bertz CT molecular complexity index is 1200. The lowest BCUT2D eigenvalue weighted by Crippen LogP contribution is -2.47. The second-order valence-corrected chi connectivity index (χ2v) is 9.83. The van der Waals surface area contributed by atoms with Crippen LogP contribution in [0.15, 0.2) is 59.1 Å². The van der Waals surface area contributed by atoms with Crippen LogP contribution >= 0.6 is 0 Å². The van der Waals surface area contributed by atoms with Gasteiger partial charge in [-0.25, -0.2) is 8.42 Å². The Morgan fingerprint density at radius 1 is 1.15 bits per heavy atom. The predicted octanol–water partition coefficient (Wildman–Crippen LogP) is 3.26. The van der Waals surface area contributed by atoms with E-state index in [1.54, 1.807) is 26.0 Å². The molecule has 0 aliphatic carbocycles. The van der Waals surface area contributed by atoms with E-state index in [9.17, 15) is 18.0 Å². The van der Waals surface area contributed by atoms with Crippen molar-refractivity contribution >= 4 is 21.8 Å². The first-order valence-corrected chi connectivity index (χ1v) is 11.8. The average Bonchev–Trinajstić information content (AvgIpc) is 2.82. The number of Topliss-reactive ketones (excluding diaryl/α,β-unsaturated/α-hetero) is 1. The standard InChI is InChI=1S/C24H27NO7S/c1-6-15-7-12-20-18(13-15)21(26)19(22(32-20)24(2,3)23(27)31-5)14-25-33(28,29)17-10-8-16(30-4)9-11-17/h7-14,22,25H,6H2,1-5H3/b19-14+. The van der Waals surface area contributed by atoms with E-state index in [0.29, 0.717) is 23.5 Å². The molecular formula is C24H27NO7S. The fourth-order valence-corrected chi connectivity index (χ4v) is 4.47.